The zero-order valence-electron chi connectivity index (χ0n) is 14.4. The smallest absolute Gasteiger partial charge is 0.310 e. The van der Waals surface area contributed by atoms with Gasteiger partial charge in [-0.25, -0.2) is 0 Å². The second-order valence-corrected chi connectivity index (χ2v) is 6.48. The Morgan fingerprint density at radius 3 is 2.42 bits per heavy atom. The van der Waals surface area contributed by atoms with E-state index in [1.165, 1.54) is 0 Å². The van der Waals surface area contributed by atoms with Crippen molar-refractivity contribution in [2.45, 2.75) is 45.1 Å². The van der Waals surface area contributed by atoms with Gasteiger partial charge in [-0.15, -0.1) is 0 Å². The van der Waals surface area contributed by atoms with E-state index in [0.717, 1.165) is 12.0 Å². The van der Waals surface area contributed by atoms with Crippen LogP contribution >= 0.6 is 0 Å². The van der Waals surface area contributed by atoms with Crippen LogP contribution in [0.4, 0.5) is 0 Å². The average molecular weight is 335 g/mol. The zero-order valence-corrected chi connectivity index (χ0v) is 14.4. The molecule has 0 radical (unpaired) electrons. The first-order valence-electron chi connectivity index (χ1n) is 8.14. The molecule has 0 spiro atoms. The minimum Gasteiger partial charge on any atom is -0.493 e. The fraction of sp³-hybridized carbons (Fsp3) is 0.556. The summed E-state index contributed by atoms with van der Waals surface area (Å²) < 4.78 is 10.5. The molecule has 1 aromatic rings. The van der Waals surface area contributed by atoms with Gasteiger partial charge in [0.2, 0.25) is 5.91 Å². The maximum Gasteiger partial charge on any atom is 0.310 e. The first-order chi connectivity index (χ1) is 11.4. The number of rotatable bonds is 8. The van der Waals surface area contributed by atoms with Crippen molar-refractivity contribution in [3.63, 3.8) is 0 Å². The Kier molecular flexibility index (Phi) is 5.70. The Balaban J connectivity index is 1.92. The molecule has 1 aromatic carbocycles. The summed E-state index contributed by atoms with van der Waals surface area (Å²) in [7, 11) is 3.16. The summed E-state index contributed by atoms with van der Waals surface area (Å²) in [4.78, 5) is 23.5. The fourth-order valence-electron chi connectivity index (χ4n) is 3.12. The number of methoxy groups -OCH3 is 2. The van der Waals surface area contributed by atoms with Crippen molar-refractivity contribution in [2.24, 2.45) is 5.41 Å². The van der Waals surface area contributed by atoms with E-state index < -0.39 is 11.4 Å². The molecule has 6 nitrogen and oxygen atoms in total. The first-order valence-corrected chi connectivity index (χ1v) is 8.14. The Hall–Kier alpha value is -2.24. The Bertz CT molecular complexity index is 609. The van der Waals surface area contributed by atoms with E-state index in [1.807, 2.05) is 25.1 Å². The molecule has 0 saturated heterocycles. The molecule has 1 unspecified atom stereocenters. The van der Waals surface area contributed by atoms with E-state index >= 15 is 0 Å². The van der Waals surface area contributed by atoms with Crippen LogP contribution in [0.3, 0.4) is 0 Å². The van der Waals surface area contributed by atoms with Crippen molar-refractivity contribution in [2.75, 3.05) is 14.2 Å². The van der Waals surface area contributed by atoms with Gasteiger partial charge in [0.25, 0.3) is 0 Å². The van der Waals surface area contributed by atoms with Gasteiger partial charge < -0.3 is 19.9 Å². The number of hydrogen-bond donors (Lipinski definition) is 2. The number of ether oxygens (including phenoxy) is 2. The van der Waals surface area contributed by atoms with Crippen LogP contribution in [0.2, 0.25) is 0 Å². The number of carbonyl (C=O) groups is 2. The van der Waals surface area contributed by atoms with Gasteiger partial charge >= 0.3 is 5.97 Å². The zero-order chi connectivity index (χ0) is 17.7. The number of hydrogen-bond acceptors (Lipinski definition) is 4. The van der Waals surface area contributed by atoms with Crippen LogP contribution in [0.25, 0.3) is 0 Å². The second-order valence-electron chi connectivity index (χ2n) is 6.48. The minimum absolute atomic E-state index is 0.0542. The third-order valence-electron chi connectivity index (χ3n) is 4.66. The van der Waals surface area contributed by atoms with Crippen molar-refractivity contribution < 1.29 is 24.2 Å². The molecule has 6 heteroatoms. The van der Waals surface area contributed by atoms with E-state index in [-0.39, 0.29) is 18.4 Å². The lowest BCUT2D eigenvalue weighted by atomic mass is 9.66. The highest BCUT2D eigenvalue weighted by atomic mass is 16.5. The molecule has 1 atom stereocenters. The molecular formula is C18H25NO5. The number of aliphatic carboxylic acids is 1. The topological polar surface area (TPSA) is 84.9 Å². The van der Waals surface area contributed by atoms with Crippen molar-refractivity contribution >= 4 is 11.9 Å². The molecule has 1 amide bonds. The van der Waals surface area contributed by atoms with Crippen LogP contribution in [-0.2, 0) is 16.0 Å². The molecule has 0 heterocycles. The lowest BCUT2D eigenvalue weighted by Crippen LogP contribution is -2.44. The van der Waals surface area contributed by atoms with Crippen molar-refractivity contribution in [3.8, 4) is 11.5 Å². The summed E-state index contributed by atoms with van der Waals surface area (Å²) in [5.41, 5.74) is 0.157. The number of carboxylic acids is 1. The van der Waals surface area contributed by atoms with Gasteiger partial charge in [0, 0.05) is 12.5 Å². The van der Waals surface area contributed by atoms with Gasteiger partial charge in [0.15, 0.2) is 11.5 Å². The number of amides is 1. The van der Waals surface area contributed by atoms with Gasteiger partial charge in [0.1, 0.15) is 0 Å². The molecule has 132 valence electrons. The molecule has 1 aliphatic rings. The molecule has 1 saturated carbocycles. The maximum atomic E-state index is 12.2. The van der Waals surface area contributed by atoms with E-state index in [1.54, 1.807) is 14.2 Å². The van der Waals surface area contributed by atoms with Gasteiger partial charge in [0.05, 0.1) is 19.6 Å². The molecule has 1 aliphatic carbocycles. The first kappa shape index (κ1) is 18.1. The lowest BCUT2D eigenvalue weighted by molar-refractivity contribution is -0.157. The standard InChI is InChI=1S/C18H25NO5/c1-12(9-13-5-6-14(23-2)15(10-13)24-3)19-16(20)11-18(17(21)22)7-4-8-18/h5-6,10,12H,4,7-9,11H2,1-3H3,(H,19,20)(H,21,22). The van der Waals surface area contributed by atoms with Gasteiger partial charge in [-0.2, -0.15) is 0 Å². The molecule has 2 N–H and O–H groups in total. The Morgan fingerprint density at radius 2 is 1.92 bits per heavy atom. The Morgan fingerprint density at radius 1 is 1.25 bits per heavy atom. The second kappa shape index (κ2) is 7.55. The summed E-state index contributed by atoms with van der Waals surface area (Å²) in [5.74, 6) is 0.237. The van der Waals surface area contributed by atoms with Crippen molar-refractivity contribution in [1.82, 2.24) is 5.32 Å². The van der Waals surface area contributed by atoms with Crippen LogP contribution in [0.1, 0.15) is 38.2 Å². The summed E-state index contributed by atoms with van der Waals surface area (Å²) in [5, 5.41) is 12.2. The number of carboxylic acid groups (broad SMARTS) is 1. The molecular weight excluding hydrogens is 310 g/mol. The SMILES string of the molecule is COc1ccc(CC(C)NC(=O)CC2(C(=O)O)CCC2)cc1OC. The molecule has 1 fully saturated rings. The third kappa shape index (κ3) is 3.99. The van der Waals surface area contributed by atoms with E-state index in [9.17, 15) is 14.7 Å². The quantitative estimate of drug-likeness (QED) is 0.762. The lowest BCUT2D eigenvalue weighted by Gasteiger charge is -2.37. The molecule has 0 aliphatic heterocycles. The maximum absolute atomic E-state index is 12.2. The van der Waals surface area contributed by atoms with E-state index in [2.05, 4.69) is 5.32 Å². The summed E-state index contributed by atoms with van der Waals surface area (Å²) in [6.07, 6.45) is 2.73. The van der Waals surface area contributed by atoms with E-state index in [4.69, 9.17) is 9.47 Å². The van der Waals surface area contributed by atoms with Crippen LogP contribution in [0, 0.1) is 5.41 Å². The van der Waals surface area contributed by atoms with Crippen molar-refractivity contribution in [1.29, 1.82) is 0 Å². The number of benzene rings is 1. The van der Waals surface area contributed by atoms with Crippen LogP contribution in [-0.4, -0.2) is 37.2 Å². The van der Waals surface area contributed by atoms with Crippen molar-refractivity contribution in [3.05, 3.63) is 23.8 Å². The largest absolute Gasteiger partial charge is 0.493 e. The fourth-order valence-corrected chi connectivity index (χ4v) is 3.12. The normalized spacial score (nSPS) is 16.6. The molecule has 24 heavy (non-hydrogen) atoms. The van der Waals surface area contributed by atoms with Gasteiger partial charge in [-0.3, -0.25) is 9.59 Å². The van der Waals surface area contributed by atoms with Gasteiger partial charge in [-0.05, 0) is 43.9 Å². The Labute approximate surface area is 142 Å². The monoisotopic (exact) mass is 335 g/mol. The molecule has 0 bridgehead atoms. The summed E-state index contributed by atoms with van der Waals surface area (Å²) in [6.45, 7) is 1.91. The predicted molar refractivity (Wildman–Crippen MR) is 89.4 cm³/mol. The summed E-state index contributed by atoms with van der Waals surface area (Å²) in [6, 6.07) is 5.54. The number of nitrogens with one attached hydrogen (secondary N) is 1. The average Bonchev–Trinajstić information content (AvgIpc) is 2.50. The highest BCUT2D eigenvalue weighted by Crippen LogP contribution is 2.44. The molecule has 2 rings (SSSR count). The molecule has 0 aromatic heterocycles. The highest BCUT2D eigenvalue weighted by Gasteiger charge is 2.45. The minimum atomic E-state index is -0.864. The highest BCUT2D eigenvalue weighted by molar-refractivity contribution is 5.85. The van der Waals surface area contributed by atoms with Crippen LogP contribution < -0.4 is 14.8 Å². The third-order valence-corrected chi connectivity index (χ3v) is 4.66. The van der Waals surface area contributed by atoms with E-state index in [0.29, 0.717) is 30.8 Å². The number of carbonyl (C=O) groups excluding carboxylic acids is 1. The van der Waals surface area contributed by atoms with Crippen LogP contribution in [0.15, 0.2) is 18.2 Å². The summed E-state index contributed by atoms with van der Waals surface area (Å²) >= 11 is 0. The predicted octanol–water partition coefficient (Wildman–Crippen LogP) is 2.40. The van der Waals surface area contributed by atoms with Crippen LogP contribution in [0.5, 0.6) is 11.5 Å². The van der Waals surface area contributed by atoms with Gasteiger partial charge in [-0.1, -0.05) is 12.5 Å².